The van der Waals surface area contributed by atoms with E-state index in [1.54, 1.807) is 25.1 Å². The van der Waals surface area contributed by atoms with E-state index in [0.29, 0.717) is 10.0 Å². The fourth-order valence-corrected chi connectivity index (χ4v) is 3.30. The molecule has 0 bridgehead atoms. The molecule has 0 saturated heterocycles. The zero-order valence-electron chi connectivity index (χ0n) is 10.0. The van der Waals surface area contributed by atoms with Gasteiger partial charge in [-0.2, -0.15) is 0 Å². The van der Waals surface area contributed by atoms with Gasteiger partial charge in [-0.25, -0.2) is 12.8 Å². The fraction of sp³-hybridized carbons (Fsp3) is 0.0769. The molecule has 2 aromatic rings. The van der Waals surface area contributed by atoms with Crippen LogP contribution in [0.5, 0.6) is 0 Å². The Morgan fingerprint density at radius 1 is 1.16 bits per heavy atom. The minimum Gasteiger partial charge on any atom is -0.277 e. The molecule has 0 aromatic heterocycles. The molecule has 0 atom stereocenters. The van der Waals surface area contributed by atoms with Crippen molar-refractivity contribution in [3.63, 3.8) is 0 Å². The van der Waals surface area contributed by atoms with Crippen LogP contribution in [0.2, 0.25) is 0 Å². The van der Waals surface area contributed by atoms with Crippen LogP contribution in [-0.4, -0.2) is 8.42 Å². The van der Waals surface area contributed by atoms with Crippen LogP contribution in [-0.2, 0) is 10.0 Å². The topological polar surface area (TPSA) is 46.2 Å². The summed E-state index contributed by atoms with van der Waals surface area (Å²) in [7, 11) is -3.79. The maximum absolute atomic E-state index is 13.6. The highest BCUT2D eigenvalue weighted by molar-refractivity contribution is 9.10. The van der Waals surface area contributed by atoms with Crippen molar-refractivity contribution < 1.29 is 12.8 Å². The molecular formula is C13H11BrFNO2S. The SMILES string of the molecule is Cc1ccccc1S(=O)(=O)Nc1cc(Br)ccc1F. The molecule has 0 aliphatic carbocycles. The van der Waals surface area contributed by atoms with Gasteiger partial charge in [0.05, 0.1) is 10.6 Å². The van der Waals surface area contributed by atoms with E-state index in [2.05, 4.69) is 20.7 Å². The number of nitrogens with one attached hydrogen (secondary N) is 1. The van der Waals surface area contributed by atoms with E-state index in [9.17, 15) is 12.8 Å². The number of hydrogen-bond donors (Lipinski definition) is 1. The monoisotopic (exact) mass is 343 g/mol. The van der Waals surface area contributed by atoms with Crippen molar-refractivity contribution >= 4 is 31.6 Å². The van der Waals surface area contributed by atoms with Gasteiger partial charge in [-0.1, -0.05) is 34.1 Å². The van der Waals surface area contributed by atoms with E-state index in [1.807, 2.05) is 0 Å². The third kappa shape index (κ3) is 3.13. The number of anilines is 1. The summed E-state index contributed by atoms with van der Waals surface area (Å²) in [6, 6.07) is 10.6. The number of sulfonamides is 1. The van der Waals surface area contributed by atoms with E-state index >= 15 is 0 Å². The van der Waals surface area contributed by atoms with Gasteiger partial charge in [-0.3, -0.25) is 4.72 Å². The highest BCUT2D eigenvalue weighted by atomic mass is 79.9. The first kappa shape index (κ1) is 14.0. The van der Waals surface area contributed by atoms with Gasteiger partial charge in [-0.05, 0) is 36.8 Å². The molecule has 6 heteroatoms. The molecule has 0 fully saturated rings. The average molecular weight is 344 g/mol. The molecule has 0 heterocycles. The summed E-state index contributed by atoms with van der Waals surface area (Å²) in [4.78, 5) is 0.134. The maximum atomic E-state index is 13.6. The minimum absolute atomic E-state index is 0.0855. The van der Waals surface area contributed by atoms with Crippen molar-refractivity contribution in [2.75, 3.05) is 4.72 Å². The third-order valence-corrected chi connectivity index (χ3v) is 4.57. The van der Waals surface area contributed by atoms with Crippen molar-refractivity contribution in [3.8, 4) is 0 Å². The Labute approximate surface area is 119 Å². The second-order valence-electron chi connectivity index (χ2n) is 4.00. The normalized spacial score (nSPS) is 11.3. The molecule has 0 radical (unpaired) electrons. The number of benzene rings is 2. The Bertz CT molecular complexity index is 716. The predicted octanol–water partition coefficient (Wildman–Crippen LogP) is 3.70. The van der Waals surface area contributed by atoms with E-state index in [0.717, 1.165) is 0 Å². The molecule has 19 heavy (non-hydrogen) atoms. The van der Waals surface area contributed by atoms with Crippen LogP contribution in [0.4, 0.5) is 10.1 Å². The molecule has 0 saturated carbocycles. The number of aryl methyl sites for hydroxylation is 1. The summed E-state index contributed by atoms with van der Waals surface area (Å²) >= 11 is 3.17. The highest BCUT2D eigenvalue weighted by Crippen LogP contribution is 2.24. The van der Waals surface area contributed by atoms with Crippen LogP contribution in [0.15, 0.2) is 51.8 Å². The van der Waals surface area contributed by atoms with Gasteiger partial charge in [0.2, 0.25) is 0 Å². The van der Waals surface area contributed by atoms with E-state index in [1.165, 1.54) is 24.3 Å². The Balaban J connectivity index is 2.43. The number of hydrogen-bond acceptors (Lipinski definition) is 2. The Morgan fingerprint density at radius 2 is 1.84 bits per heavy atom. The third-order valence-electron chi connectivity index (χ3n) is 2.56. The molecule has 1 N–H and O–H groups in total. The van der Waals surface area contributed by atoms with Crippen molar-refractivity contribution in [3.05, 3.63) is 58.3 Å². The molecule has 0 unspecified atom stereocenters. The molecule has 0 aliphatic heterocycles. The number of halogens is 2. The predicted molar refractivity (Wildman–Crippen MR) is 76.1 cm³/mol. The van der Waals surface area contributed by atoms with E-state index in [-0.39, 0.29) is 10.6 Å². The quantitative estimate of drug-likeness (QED) is 0.923. The standard InChI is InChI=1S/C13H11BrFNO2S/c1-9-4-2-3-5-13(9)19(17,18)16-12-8-10(14)6-7-11(12)15/h2-8,16H,1H3. The minimum atomic E-state index is -3.79. The zero-order chi connectivity index (χ0) is 14.0. The second kappa shape index (κ2) is 5.30. The molecule has 0 amide bonds. The van der Waals surface area contributed by atoms with Gasteiger partial charge in [0.25, 0.3) is 10.0 Å². The highest BCUT2D eigenvalue weighted by Gasteiger charge is 2.18. The Hall–Kier alpha value is -1.40. The smallest absolute Gasteiger partial charge is 0.262 e. The maximum Gasteiger partial charge on any atom is 0.262 e. The van der Waals surface area contributed by atoms with Gasteiger partial charge in [0.15, 0.2) is 0 Å². The lowest BCUT2D eigenvalue weighted by atomic mass is 10.2. The van der Waals surface area contributed by atoms with E-state index in [4.69, 9.17) is 0 Å². The molecule has 2 aromatic carbocycles. The van der Waals surface area contributed by atoms with Crippen molar-refractivity contribution in [1.29, 1.82) is 0 Å². The van der Waals surface area contributed by atoms with Crippen LogP contribution in [0.3, 0.4) is 0 Å². The van der Waals surface area contributed by atoms with Gasteiger partial charge < -0.3 is 0 Å². The molecular weight excluding hydrogens is 333 g/mol. The molecule has 2 rings (SSSR count). The van der Waals surface area contributed by atoms with Crippen LogP contribution in [0.25, 0.3) is 0 Å². The largest absolute Gasteiger partial charge is 0.277 e. The Morgan fingerprint density at radius 3 is 2.53 bits per heavy atom. The van der Waals surface area contributed by atoms with Crippen LogP contribution in [0.1, 0.15) is 5.56 Å². The lowest BCUT2D eigenvalue weighted by Gasteiger charge is -2.11. The summed E-state index contributed by atoms with van der Waals surface area (Å²) in [5, 5.41) is 0. The summed E-state index contributed by atoms with van der Waals surface area (Å²) in [6.07, 6.45) is 0. The summed E-state index contributed by atoms with van der Waals surface area (Å²) < 4.78 is 40.8. The van der Waals surface area contributed by atoms with Gasteiger partial charge in [0.1, 0.15) is 5.82 Å². The lowest BCUT2D eigenvalue weighted by molar-refractivity contribution is 0.598. The lowest BCUT2D eigenvalue weighted by Crippen LogP contribution is -2.15. The second-order valence-corrected chi connectivity index (χ2v) is 6.56. The molecule has 0 aliphatic rings. The van der Waals surface area contributed by atoms with E-state index < -0.39 is 15.8 Å². The van der Waals surface area contributed by atoms with Crippen LogP contribution < -0.4 is 4.72 Å². The molecule has 100 valence electrons. The summed E-state index contributed by atoms with van der Waals surface area (Å²) in [5.74, 6) is -0.625. The summed E-state index contributed by atoms with van der Waals surface area (Å²) in [6.45, 7) is 1.69. The van der Waals surface area contributed by atoms with Crippen LogP contribution in [0, 0.1) is 12.7 Å². The van der Waals surface area contributed by atoms with Crippen molar-refractivity contribution in [2.24, 2.45) is 0 Å². The molecule has 0 spiro atoms. The first-order valence-corrected chi connectivity index (χ1v) is 7.71. The van der Waals surface area contributed by atoms with Crippen molar-refractivity contribution in [1.82, 2.24) is 0 Å². The van der Waals surface area contributed by atoms with Gasteiger partial charge in [0, 0.05) is 4.47 Å². The first-order chi connectivity index (χ1) is 8.90. The Kier molecular flexibility index (Phi) is 3.91. The first-order valence-electron chi connectivity index (χ1n) is 5.43. The van der Waals surface area contributed by atoms with Gasteiger partial charge >= 0.3 is 0 Å². The van der Waals surface area contributed by atoms with Crippen molar-refractivity contribution in [2.45, 2.75) is 11.8 Å². The fourth-order valence-electron chi connectivity index (χ4n) is 1.63. The zero-order valence-corrected chi connectivity index (χ0v) is 12.4. The van der Waals surface area contributed by atoms with Gasteiger partial charge in [-0.15, -0.1) is 0 Å². The van der Waals surface area contributed by atoms with Crippen LogP contribution >= 0.6 is 15.9 Å². The molecule has 3 nitrogen and oxygen atoms in total. The average Bonchev–Trinajstić information content (AvgIpc) is 2.34. The summed E-state index contributed by atoms with van der Waals surface area (Å²) in [5.41, 5.74) is 0.517. The number of rotatable bonds is 3.